The monoisotopic (exact) mass is 460 g/mol. The summed E-state index contributed by atoms with van der Waals surface area (Å²) in [6.45, 7) is 10.1. The highest BCUT2D eigenvalue weighted by atomic mass is 35.5. The van der Waals surface area contributed by atoms with Crippen LogP contribution in [0.3, 0.4) is 0 Å². The number of ether oxygens (including phenoxy) is 1. The summed E-state index contributed by atoms with van der Waals surface area (Å²) in [5.74, 6) is -0.399. The Bertz CT molecular complexity index is 683. The van der Waals surface area contributed by atoms with Crippen LogP contribution in [0.5, 0.6) is 5.75 Å². The lowest BCUT2D eigenvalue weighted by molar-refractivity contribution is -0.233. The van der Waals surface area contributed by atoms with Crippen molar-refractivity contribution >= 4 is 35.1 Å². The quantitative estimate of drug-likeness (QED) is 0.152. The second kappa shape index (κ2) is 13.1. The van der Waals surface area contributed by atoms with Gasteiger partial charge < -0.3 is 4.74 Å². The maximum absolute atomic E-state index is 12.1. The maximum atomic E-state index is 12.1. The Morgan fingerprint density at radius 3 is 2.13 bits per heavy atom. The first-order chi connectivity index (χ1) is 14.0. The van der Waals surface area contributed by atoms with E-state index in [-0.39, 0.29) is 10.6 Å². The van der Waals surface area contributed by atoms with Gasteiger partial charge >= 0.3 is 11.9 Å². The number of carbonyl (C=O) groups is 2. The fraction of sp³-hybridized carbons (Fsp3) is 0.652. The largest absolute Gasteiger partial charge is 0.488 e. The smallest absolute Gasteiger partial charge is 0.387 e. The SMILES string of the molecule is CC(C)CCCCCCCC(Cl)C(=O)OOC(=O)c1ccc(OC(C)(C)C)cc1Cl. The van der Waals surface area contributed by atoms with Crippen LogP contribution in [0.25, 0.3) is 0 Å². The van der Waals surface area contributed by atoms with Crippen molar-refractivity contribution in [3.8, 4) is 5.75 Å². The van der Waals surface area contributed by atoms with Crippen LogP contribution >= 0.6 is 23.2 Å². The Morgan fingerprint density at radius 2 is 1.57 bits per heavy atom. The summed E-state index contributed by atoms with van der Waals surface area (Å²) in [6.07, 6.45) is 7.08. The first-order valence-corrected chi connectivity index (χ1v) is 11.4. The molecule has 1 aromatic carbocycles. The number of hydrogen-bond acceptors (Lipinski definition) is 5. The average molecular weight is 461 g/mol. The molecule has 0 heterocycles. The van der Waals surface area contributed by atoms with Gasteiger partial charge in [0.25, 0.3) is 0 Å². The molecule has 0 spiro atoms. The number of halogens is 2. The predicted octanol–water partition coefficient (Wildman–Crippen LogP) is 7.13. The van der Waals surface area contributed by atoms with E-state index in [2.05, 4.69) is 23.6 Å². The molecule has 1 rings (SSSR count). The maximum Gasteiger partial charge on any atom is 0.387 e. The molecule has 7 heteroatoms. The zero-order valence-electron chi connectivity index (χ0n) is 18.6. The molecule has 1 atom stereocenters. The second-order valence-electron chi connectivity index (χ2n) is 8.84. The predicted molar refractivity (Wildman–Crippen MR) is 120 cm³/mol. The van der Waals surface area contributed by atoms with Crippen molar-refractivity contribution in [2.75, 3.05) is 0 Å². The zero-order chi connectivity index (χ0) is 22.7. The molecule has 0 saturated carbocycles. The lowest BCUT2D eigenvalue weighted by Crippen LogP contribution is -2.23. The highest BCUT2D eigenvalue weighted by Crippen LogP contribution is 2.26. The Hall–Kier alpha value is -1.46. The van der Waals surface area contributed by atoms with Gasteiger partial charge in [0.15, 0.2) is 0 Å². The molecule has 0 fully saturated rings. The molecular formula is C23H34Cl2O5. The van der Waals surface area contributed by atoms with Gasteiger partial charge in [-0.25, -0.2) is 19.4 Å². The van der Waals surface area contributed by atoms with Crippen LogP contribution < -0.4 is 4.74 Å². The summed E-state index contributed by atoms with van der Waals surface area (Å²) in [4.78, 5) is 33.3. The molecule has 0 aliphatic rings. The van der Waals surface area contributed by atoms with Gasteiger partial charge in [-0.05, 0) is 51.3 Å². The number of benzene rings is 1. The molecule has 0 aromatic heterocycles. The molecule has 0 saturated heterocycles. The molecule has 170 valence electrons. The first kappa shape index (κ1) is 26.6. The second-order valence-corrected chi connectivity index (χ2v) is 9.77. The van der Waals surface area contributed by atoms with Gasteiger partial charge in [-0.15, -0.1) is 11.6 Å². The van der Waals surface area contributed by atoms with Crippen molar-refractivity contribution in [1.82, 2.24) is 0 Å². The number of rotatable bonds is 11. The van der Waals surface area contributed by atoms with Gasteiger partial charge in [0.1, 0.15) is 16.7 Å². The van der Waals surface area contributed by atoms with Crippen LogP contribution in [-0.2, 0) is 14.6 Å². The van der Waals surface area contributed by atoms with E-state index in [0.717, 1.165) is 25.2 Å². The highest BCUT2D eigenvalue weighted by Gasteiger charge is 2.22. The molecular weight excluding hydrogens is 427 g/mol. The van der Waals surface area contributed by atoms with Gasteiger partial charge in [-0.2, -0.15) is 0 Å². The van der Waals surface area contributed by atoms with E-state index in [1.165, 1.54) is 31.4 Å². The van der Waals surface area contributed by atoms with Gasteiger partial charge in [0.05, 0.1) is 10.6 Å². The molecule has 0 radical (unpaired) electrons. The third kappa shape index (κ3) is 11.1. The topological polar surface area (TPSA) is 61.8 Å². The van der Waals surface area contributed by atoms with Crippen LogP contribution in [0.4, 0.5) is 0 Å². The average Bonchev–Trinajstić information content (AvgIpc) is 2.63. The Labute approximate surface area is 190 Å². The molecule has 0 aliphatic carbocycles. The van der Waals surface area contributed by atoms with Crippen molar-refractivity contribution in [3.05, 3.63) is 28.8 Å². The molecule has 0 aliphatic heterocycles. The van der Waals surface area contributed by atoms with Crippen molar-refractivity contribution in [2.45, 2.75) is 90.5 Å². The van der Waals surface area contributed by atoms with Crippen LogP contribution in [0, 0.1) is 5.92 Å². The van der Waals surface area contributed by atoms with E-state index in [4.69, 9.17) is 27.9 Å². The summed E-state index contributed by atoms with van der Waals surface area (Å²) in [7, 11) is 0. The Balaban J connectivity index is 2.35. The van der Waals surface area contributed by atoms with Gasteiger partial charge in [0.2, 0.25) is 0 Å². The van der Waals surface area contributed by atoms with Crippen molar-refractivity contribution in [1.29, 1.82) is 0 Å². The minimum atomic E-state index is -0.871. The van der Waals surface area contributed by atoms with Crippen LogP contribution in [0.15, 0.2) is 18.2 Å². The fourth-order valence-corrected chi connectivity index (χ4v) is 3.22. The summed E-state index contributed by atoms with van der Waals surface area (Å²) >= 11 is 12.2. The lowest BCUT2D eigenvalue weighted by atomic mass is 10.0. The Morgan fingerprint density at radius 1 is 0.967 bits per heavy atom. The number of unbranched alkanes of at least 4 members (excludes halogenated alkanes) is 4. The summed E-state index contributed by atoms with van der Waals surface area (Å²) < 4.78 is 5.69. The number of alkyl halides is 1. The molecule has 1 unspecified atom stereocenters. The summed E-state index contributed by atoms with van der Waals surface area (Å²) in [5, 5.41) is -0.718. The third-order valence-electron chi connectivity index (χ3n) is 4.28. The van der Waals surface area contributed by atoms with E-state index >= 15 is 0 Å². The van der Waals surface area contributed by atoms with Crippen molar-refractivity contribution in [2.24, 2.45) is 5.92 Å². The number of carbonyl (C=O) groups excluding carboxylic acids is 2. The fourth-order valence-electron chi connectivity index (χ4n) is 2.78. The summed E-state index contributed by atoms with van der Waals surface area (Å²) in [5.41, 5.74) is -0.331. The number of hydrogen-bond donors (Lipinski definition) is 0. The minimum Gasteiger partial charge on any atom is -0.488 e. The Kier molecular flexibility index (Phi) is 11.6. The summed E-state index contributed by atoms with van der Waals surface area (Å²) in [6, 6.07) is 4.56. The first-order valence-electron chi connectivity index (χ1n) is 10.5. The molecule has 0 N–H and O–H groups in total. The zero-order valence-corrected chi connectivity index (χ0v) is 20.1. The van der Waals surface area contributed by atoms with E-state index in [1.807, 2.05) is 20.8 Å². The molecule has 1 aromatic rings. The van der Waals surface area contributed by atoms with E-state index in [9.17, 15) is 9.59 Å². The van der Waals surface area contributed by atoms with E-state index in [1.54, 1.807) is 6.07 Å². The lowest BCUT2D eigenvalue weighted by Gasteiger charge is -2.21. The molecule has 5 nitrogen and oxygen atoms in total. The standard InChI is InChI=1S/C23H34Cl2O5/c1-16(2)11-9-7-6-8-10-12-19(24)22(27)30-29-21(26)18-14-13-17(15-20(18)25)28-23(3,4)5/h13-16,19H,6-12H2,1-5H3. The van der Waals surface area contributed by atoms with Gasteiger partial charge in [-0.3, -0.25) is 0 Å². The molecule has 0 bridgehead atoms. The van der Waals surface area contributed by atoms with Gasteiger partial charge in [0, 0.05) is 0 Å². The van der Waals surface area contributed by atoms with Crippen LogP contribution in [-0.4, -0.2) is 22.9 Å². The third-order valence-corrected chi connectivity index (χ3v) is 4.99. The van der Waals surface area contributed by atoms with Crippen LogP contribution in [0.1, 0.15) is 89.9 Å². The normalized spacial score (nSPS) is 12.5. The van der Waals surface area contributed by atoms with E-state index < -0.39 is 22.9 Å². The van der Waals surface area contributed by atoms with Crippen molar-refractivity contribution < 1.29 is 24.1 Å². The van der Waals surface area contributed by atoms with Gasteiger partial charge in [-0.1, -0.05) is 64.0 Å². The minimum absolute atomic E-state index is 0.0678. The molecule has 0 amide bonds. The highest BCUT2D eigenvalue weighted by molar-refractivity contribution is 6.33. The van der Waals surface area contributed by atoms with E-state index in [0.29, 0.717) is 12.2 Å². The molecule has 30 heavy (non-hydrogen) atoms. The van der Waals surface area contributed by atoms with Crippen molar-refractivity contribution in [3.63, 3.8) is 0 Å². The van der Waals surface area contributed by atoms with Crippen LogP contribution in [0.2, 0.25) is 5.02 Å².